The molecule has 0 aliphatic heterocycles. The zero-order chi connectivity index (χ0) is 15.1. The molecule has 0 spiro atoms. The molecule has 0 saturated heterocycles. The number of nitrogens with zero attached hydrogens (tertiary/aromatic N) is 2. The minimum Gasteiger partial charge on any atom is -0.399 e. The topological polar surface area (TPSA) is 78.7 Å². The molecule has 0 fully saturated rings. The molecule has 6 heteroatoms. The van der Waals surface area contributed by atoms with Crippen LogP contribution in [-0.4, -0.2) is 50.9 Å². The summed E-state index contributed by atoms with van der Waals surface area (Å²) in [5, 5.41) is 2.55. The molecule has 0 saturated carbocycles. The van der Waals surface area contributed by atoms with Gasteiger partial charge in [0.25, 0.3) is 0 Å². The van der Waals surface area contributed by atoms with Crippen molar-refractivity contribution in [3.8, 4) is 0 Å². The molecule has 3 N–H and O–H groups in total. The first-order valence-electron chi connectivity index (χ1n) is 6.45. The average Bonchev–Trinajstić information content (AvgIpc) is 2.44. The van der Waals surface area contributed by atoms with Gasteiger partial charge in [-0.15, -0.1) is 0 Å². The highest BCUT2D eigenvalue weighted by Crippen LogP contribution is 2.14. The van der Waals surface area contributed by atoms with E-state index in [1.54, 1.807) is 43.3 Å². The second-order valence-corrected chi connectivity index (χ2v) is 4.71. The molecule has 0 atom stereocenters. The van der Waals surface area contributed by atoms with E-state index in [-0.39, 0.29) is 18.4 Å². The maximum atomic E-state index is 12.1. The van der Waals surface area contributed by atoms with Crippen molar-refractivity contribution in [2.24, 2.45) is 0 Å². The highest BCUT2D eigenvalue weighted by atomic mass is 16.2. The van der Waals surface area contributed by atoms with Crippen molar-refractivity contribution < 1.29 is 9.59 Å². The van der Waals surface area contributed by atoms with Crippen molar-refractivity contribution in [2.75, 3.05) is 44.9 Å². The van der Waals surface area contributed by atoms with Gasteiger partial charge in [0.05, 0.1) is 6.54 Å². The summed E-state index contributed by atoms with van der Waals surface area (Å²) in [6.45, 7) is 0.804. The Morgan fingerprint density at radius 2 is 1.80 bits per heavy atom. The van der Waals surface area contributed by atoms with Crippen LogP contribution in [0.3, 0.4) is 0 Å². The summed E-state index contributed by atoms with van der Waals surface area (Å²) >= 11 is 0. The third kappa shape index (κ3) is 4.89. The molecule has 1 rings (SSSR count). The van der Waals surface area contributed by atoms with Gasteiger partial charge in [0.15, 0.2) is 0 Å². The van der Waals surface area contributed by atoms with Crippen molar-refractivity contribution in [1.29, 1.82) is 0 Å². The normalized spacial score (nSPS) is 10.4. The second-order valence-electron chi connectivity index (χ2n) is 4.71. The van der Waals surface area contributed by atoms with Gasteiger partial charge in [0.2, 0.25) is 11.8 Å². The first-order valence-corrected chi connectivity index (χ1v) is 6.45. The number of hydrogen-bond acceptors (Lipinski definition) is 4. The summed E-state index contributed by atoms with van der Waals surface area (Å²) in [4.78, 5) is 26.7. The van der Waals surface area contributed by atoms with Gasteiger partial charge in [-0.25, -0.2) is 0 Å². The Morgan fingerprint density at radius 1 is 1.20 bits per heavy atom. The molecule has 20 heavy (non-hydrogen) atoms. The number of anilines is 2. The monoisotopic (exact) mass is 278 g/mol. The van der Waals surface area contributed by atoms with Crippen molar-refractivity contribution in [1.82, 2.24) is 10.2 Å². The lowest BCUT2D eigenvalue weighted by molar-refractivity contribution is -0.122. The molecule has 0 aliphatic rings. The number of nitrogen functional groups attached to an aromatic ring is 1. The Hall–Kier alpha value is -2.08. The lowest BCUT2D eigenvalue weighted by Gasteiger charge is -2.22. The van der Waals surface area contributed by atoms with Crippen LogP contribution in [0, 0.1) is 0 Å². The number of nitrogens with two attached hydrogens (primary N) is 1. The van der Waals surface area contributed by atoms with E-state index in [2.05, 4.69) is 5.32 Å². The standard InChI is InChI=1S/C14H22N4O2/c1-16-13(19)8-9-17(2)10-14(20)18(3)12-6-4-11(15)5-7-12/h4-7H,8-10,15H2,1-3H3,(H,16,19). The SMILES string of the molecule is CNC(=O)CCN(C)CC(=O)N(C)c1ccc(N)cc1. The predicted molar refractivity (Wildman–Crippen MR) is 80.4 cm³/mol. The molecule has 1 aromatic carbocycles. The van der Waals surface area contributed by atoms with Crippen molar-refractivity contribution in [3.05, 3.63) is 24.3 Å². The minimum atomic E-state index is -0.0332. The quantitative estimate of drug-likeness (QED) is 0.734. The number of nitrogens with one attached hydrogen (secondary N) is 1. The van der Waals surface area contributed by atoms with Gasteiger partial charge >= 0.3 is 0 Å². The summed E-state index contributed by atoms with van der Waals surface area (Å²) in [5.41, 5.74) is 7.07. The van der Waals surface area contributed by atoms with Crippen LogP contribution in [0.25, 0.3) is 0 Å². The van der Waals surface area contributed by atoms with E-state index in [1.165, 1.54) is 0 Å². The summed E-state index contributed by atoms with van der Waals surface area (Å²) in [5.74, 6) is -0.0645. The van der Waals surface area contributed by atoms with E-state index in [0.717, 1.165) is 5.69 Å². The third-order valence-corrected chi connectivity index (χ3v) is 3.06. The van der Waals surface area contributed by atoms with Gasteiger partial charge in [-0.3, -0.25) is 14.5 Å². The minimum absolute atomic E-state index is 0.0313. The molecule has 0 heterocycles. The lowest BCUT2D eigenvalue weighted by atomic mass is 10.2. The van der Waals surface area contributed by atoms with E-state index in [4.69, 9.17) is 5.73 Å². The molecule has 0 bridgehead atoms. The smallest absolute Gasteiger partial charge is 0.240 e. The molecule has 0 radical (unpaired) electrons. The van der Waals surface area contributed by atoms with Gasteiger partial charge in [-0.05, 0) is 31.3 Å². The van der Waals surface area contributed by atoms with Crippen LogP contribution < -0.4 is 16.0 Å². The number of hydrogen-bond donors (Lipinski definition) is 2. The molecular weight excluding hydrogens is 256 g/mol. The molecule has 0 unspecified atom stereocenters. The Bertz CT molecular complexity index is 459. The summed E-state index contributed by atoms with van der Waals surface area (Å²) in [6.07, 6.45) is 0.381. The predicted octanol–water partition coefficient (Wildman–Crippen LogP) is 0.300. The molecule has 2 amide bonds. The molecule has 1 aromatic rings. The van der Waals surface area contributed by atoms with Crippen LogP contribution in [0.2, 0.25) is 0 Å². The fraction of sp³-hybridized carbons (Fsp3) is 0.429. The first kappa shape index (κ1) is 16.0. The summed E-state index contributed by atoms with van der Waals surface area (Å²) in [6, 6.07) is 7.12. The Labute approximate surface area is 119 Å². The van der Waals surface area contributed by atoms with Crippen molar-refractivity contribution in [2.45, 2.75) is 6.42 Å². The first-order chi connectivity index (χ1) is 9.43. The van der Waals surface area contributed by atoms with Crippen molar-refractivity contribution >= 4 is 23.2 Å². The zero-order valence-corrected chi connectivity index (χ0v) is 12.2. The van der Waals surface area contributed by atoms with Gasteiger partial charge in [-0.1, -0.05) is 0 Å². The number of likely N-dealkylation sites (N-methyl/N-ethyl adjacent to an activating group) is 2. The Morgan fingerprint density at radius 3 is 2.35 bits per heavy atom. The highest BCUT2D eigenvalue weighted by Gasteiger charge is 2.13. The Kier molecular flexibility index (Phi) is 5.99. The van der Waals surface area contributed by atoms with Gasteiger partial charge in [-0.2, -0.15) is 0 Å². The molecular formula is C14H22N4O2. The average molecular weight is 278 g/mol. The number of benzene rings is 1. The summed E-state index contributed by atoms with van der Waals surface area (Å²) in [7, 11) is 5.14. The third-order valence-electron chi connectivity index (χ3n) is 3.06. The lowest BCUT2D eigenvalue weighted by Crippen LogP contribution is -2.38. The largest absolute Gasteiger partial charge is 0.399 e. The van der Waals surface area contributed by atoms with Gasteiger partial charge in [0, 0.05) is 38.4 Å². The highest BCUT2D eigenvalue weighted by molar-refractivity contribution is 5.94. The van der Waals surface area contributed by atoms with Gasteiger partial charge in [0.1, 0.15) is 0 Å². The fourth-order valence-electron chi connectivity index (χ4n) is 1.68. The van der Waals surface area contributed by atoms with E-state index in [9.17, 15) is 9.59 Å². The van der Waals surface area contributed by atoms with Crippen LogP contribution in [0.1, 0.15) is 6.42 Å². The molecule has 110 valence electrons. The maximum absolute atomic E-state index is 12.1. The van der Waals surface area contributed by atoms with Crippen LogP contribution in [0.4, 0.5) is 11.4 Å². The maximum Gasteiger partial charge on any atom is 0.240 e. The van der Waals surface area contributed by atoms with E-state index in [1.807, 2.05) is 11.9 Å². The number of carbonyl (C=O) groups excluding carboxylic acids is 2. The number of amides is 2. The van der Waals surface area contributed by atoms with E-state index >= 15 is 0 Å². The van der Waals surface area contributed by atoms with Crippen LogP contribution in [-0.2, 0) is 9.59 Å². The number of rotatable bonds is 6. The Balaban J connectivity index is 2.49. The van der Waals surface area contributed by atoms with Crippen LogP contribution in [0.15, 0.2) is 24.3 Å². The van der Waals surface area contributed by atoms with Crippen LogP contribution in [0.5, 0.6) is 0 Å². The van der Waals surface area contributed by atoms with E-state index < -0.39 is 0 Å². The zero-order valence-electron chi connectivity index (χ0n) is 12.2. The number of carbonyl (C=O) groups is 2. The van der Waals surface area contributed by atoms with Crippen LogP contribution >= 0.6 is 0 Å². The van der Waals surface area contributed by atoms with E-state index in [0.29, 0.717) is 18.7 Å². The molecule has 0 aliphatic carbocycles. The summed E-state index contributed by atoms with van der Waals surface area (Å²) < 4.78 is 0. The molecule has 6 nitrogen and oxygen atoms in total. The molecule has 0 aromatic heterocycles. The van der Waals surface area contributed by atoms with Crippen molar-refractivity contribution in [3.63, 3.8) is 0 Å². The fourth-order valence-corrected chi connectivity index (χ4v) is 1.68. The second kappa shape index (κ2) is 7.49. The van der Waals surface area contributed by atoms with Gasteiger partial charge < -0.3 is 16.0 Å².